The molecule has 2 rings (SSSR count). The topological polar surface area (TPSA) is 69.6 Å². The summed E-state index contributed by atoms with van der Waals surface area (Å²) in [4.78, 5) is 23.9. The predicted molar refractivity (Wildman–Crippen MR) is 70.7 cm³/mol. The van der Waals surface area contributed by atoms with E-state index in [1.807, 2.05) is 31.2 Å². The molecule has 0 aromatic heterocycles. The highest BCUT2D eigenvalue weighted by Gasteiger charge is 2.31. The number of benzene rings is 1. The zero-order valence-electron chi connectivity index (χ0n) is 10.9. The first kappa shape index (κ1) is 13.4. The van der Waals surface area contributed by atoms with Crippen LogP contribution in [0.3, 0.4) is 0 Å². The van der Waals surface area contributed by atoms with Crippen molar-refractivity contribution in [3.63, 3.8) is 0 Å². The average molecular weight is 262 g/mol. The first-order valence-corrected chi connectivity index (χ1v) is 6.34. The van der Waals surface area contributed by atoms with Gasteiger partial charge in [0.25, 0.3) is 0 Å². The Morgan fingerprint density at radius 2 is 2.16 bits per heavy atom. The SMILES string of the molecule is Cc1cccc(CNC(=O)N2CC(CC(=O)O)C2)c1. The van der Waals surface area contributed by atoms with Gasteiger partial charge in [0.1, 0.15) is 0 Å². The number of rotatable bonds is 4. The van der Waals surface area contributed by atoms with Crippen molar-refractivity contribution in [3.05, 3.63) is 35.4 Å². The number of carboxylic acids is 1. The third kappa shape index (κ3) is 3.71. The van der Waals surface area contributed by atoms with E-state index in [9.17, 15) is 9.59 Å². The second kappa shape index (κ2) is 5.73. The number of urea groups is 1. The number of nitrogens with one attached hydrogen (secondary N) is 1. The molecule has 1 fully saturated rings. The molecule has 1 saturated heterocycles. The number of hydrogen-bond acceptors (Lipinski definition) is 2. The fourth-order valence-corrected chi connectivity index (χ4v) is 2.22. The van der Waals surface area contributed by atoms with Crippen LogP contribution in [-0.2, 0) is 11.3 Å². The second-order valence-corrected chi connectivity index (χ2v) is 5.02. The molecule has 1 aromatic rings. The lowest BCUT2D eigenvalue weighted by Gasteiger charge is -2.38. The fourth-order valence-electron chi connectivity index (χ4n) is 2.22. The predicted octanol–water partition coefficient (Wildman–Crippen LogP) is 1.61. The van der Waals surface area contributed by atoms with E-state index in [2.05, 4.69) is 5.32 Å². The van der Waals surface area contributed by atoms with E-state index in [0.29, 0.717) is 19.6 Å². The van der Waals surface area contributed by atoms with Crippen molar-refractivity contribution in [1.82, 2.24) is 10.2 Å². The average Bonchev–Trinajstić information content (AvgIpc) is 2.30. The maximum absolute atomic E-state index is 11.8. The normalized spacial score (nSPS) is 14.9. The minimum atomic E-state index is -0.801. The third-order valence-electron chi connectivity index (χ3n) is 3.23. The van der Waals surface area contributed by atoms with Gasteiger partial charge in [-0.1, -0.05) is 29.8 Å². The summed E-state index contributed by atoms with van der Waals surface area (Å²) in [6.45, 7) is 3.58. The molecule has 1 heterocycles. The Balaban J connectivity index is 1.73. The molecule has 0 spiro atoms. The summed E-state index contributed by atoms with van der Waals surface area (Å²) in [6, 6.07) is 7.85. The third-order valence-corrected chi connectivity index (χ3v) is 3.23. The van der Waals surface area contributed by atoms with E-state index in [-0.39, 0.29) is 18.4 Å². The molecule has 1 aliphatic heterocycles. The first-order valence-electron chi connectivity index (χ1n) is 6.34. The molecular formula is C14H18N2O3. The van der Waals surface area contributed by atoms with E-state index in [4.69, 9.17) is 5.11 Å². The minimum absolute atomic E-state index is 0.0993. The van der Waals surface area contributed by atoms with Gasteiger partial charge in [0.15, 0.2) is 0 Å². The number of nitrogens with zero attached hydrogens (tertiary/aromatic N) is 1. The van der Waals surface area contributed by atoms with Crippen LogP contribution in [0.4, 0.5) is 4.79 Å². The molecule has 0 bridgehead atoms. The van der Waals surface area contributed by atoms with Crippen molar-refractivity contribution in [3.8, 4) is 0 Å². The Morgan fingerprint density at radius 1 is 1.42 bits per heavy atom. The van der Waals surface area contributed by atoms with Gasteiger partial charge in [-0.05, 0) is 12.5 Å². The van der Waals surface area contributed by atoms with Gasteiger partial charge in [0.05, 0.1) is 6.42 Å². The van der Waals surface area contributed by atoms with Gasteiger partial charge in [-0.25, -0.2) is 4.79 Å². The summed E-state index contributed by atoms with van der Waals surface area (Å²) < 4.78 is 0. The van der Waals surface area contributed by atoms with Crippen molar-refractivity contribution >= 4 is 12.0 Å². The molecule has 0 saturated carbocycles. The Kier molecular flexibility index (Phi) is 4.04. The van der Waals surface area contributed by atoms with Gasteiger partial charge in [0.2, 0.25) is 0 Å². The van der Waals surface area contributed by atoms with Gasteiger partial charge in [-0.2, -0.15) is 0 Å². The highest BCUT2D eigenvalue weighted by molar-refractivity contribution is 5.75. The van der Waals surface area contributed by atoms with Crippen LogP contribution in [0.25, 0.3) is 0 Å². The summed E-state index contributed by atoms with van der Waals surface area (Å²) in [7, 11) is 0. The van der Waals surface area contributed by atoms with Crippen LogP contribution in [-0.4, -0.2) is 35.1 Å². The minimum Gasteiger partial charge on any atom is -0.481 e. The summed E-state index contributed by atoms with van der Waals surface area (Å²) in [5.74, 6) is -0.702. The van der Waals surface area contributed by atoms with Crippen molar-refractivity contribution < 1.29 is 14.7 Å². The highest BCUT2D eigenvalue weighted by atomic mass is 16.4. The first-order chi connectivity index (χ1) is 9.04. The smallest absolute Gasteiger partial charge is 0.317 e. The van der Waals surface area contributed by atoms with Crippen LogP contribution in [0.1, 0.15) is 17.5 Å². The number of aryl methyl sites for hydroxylation is 1. The van der Waals surface area contributed by atoms with Crippen LogP contribution in [0.2, 0.25) is 0 Å². The van der Waals surface area contributed by atoms with E-state index < -0.39 is 5.97 Å². The fraction of sp³-hybridized carbons (Fsp3) is 0.429. The lowest BCUT2D eigenvalue weighted by molar-refractivity contribution is -0.139. The Bertz CT molecular complexity index is 481. The van der Waals surface area contributed by atoms with E-state index in [0.717, 1.165) is 11.1 Å². The quantitative estimate of drug-likeness (QED) is 0.866. The summed E-state index contributed by atoms with van der Waals surface area (Å²) in [6.07, 6.45) is 0.141. The van der Waals surface area contributed by atoms with Crippen LogP contribution >= 0.6 is 0 Å². The molecule has 1 aromatic carbocycles. The monoisotopic (exact) mass is 262 g/mol. The van der Waals surface area contributed by atoms with E-state index in [1.165, 1.54) is 0 Å². The van der Waals surface area contributed by atoms with Crippen LogP contribution in [0, 0.1) is 12.8 Å². The molecule has 0 unspecified atom stereocenters. The molecule has 1 aliphatic rings. The zero-order chi connectivity index (χ0) is 13.8. The number of aliphatic carboxylic acids is 1. The molecule has 102 valence electrons. The highest BCUT2D eigenvalue weighted by Crippen LogP contribution is 2.18. The van der Waals surface area contributed by atoms with E-state index >= 15 is 0 Å². The molecule has 2 N–H and O–H groups in total. The molecule has 0 atom stereocenters. The summed E-state index contributed by atoms with van der Waals surface area (Å²) in [5, 5.41) is 11.5. The number of amides is 2. The van der Waals surface area contributed by atoms with Crippen LogP contribution in [0.5, 0.6) is 0 Å². The lowest BCUT2D eigenvalue weighted by Crippen LogP contribution is -2.54. The molecule has 5 heteroatoms. The zero-order valence-corrected chi connectivity index (χ0v) is 10.9. The van der Waals surface area contributed by atoms with Crippen molar-refractivity contribution in [2.75, 3.05) is 13.1 Å². The molecule has 19 heavy (non-hydrogen) atoms. The van der Waals surface area contributed by atoms with E-state index in [1.54, 1.807) is 4.90 Å². The number of hydrogen-bond donors (Lipinski definition) is 2. The van der Waals surface area contributed by atoms with Crippen molar-refractivity contribution in [1.29, 1.82) is 0 Å². The Morgan fingerprint density at radius 3 is 2.79 bits per heavy atom. The lowest BCUT2D eigenvalue weighted by atomic mass is 9.97. The largest absolute Gasteiger partial charge is 0.481 e. The summed E-state index contributed by atoms with van der Waals surface area (Å²) >= 11 is 0. The Labute approximate surface area is 112 Å². The standard InChI is InChI=1S/C14H18N2O3/c1-10-3-2-4-11(5-10)7-15-14(19)16-8-12(9-16)6-13(17)18/h2-5,12H,6-9H2,1H3,(H,15,19)(H,17,18). The summed E-state index contributed by atoms with van der Waals surface area (Å²) in [5.41, 5.74) is 2.23. The van der Waals surface area contributed by atoms with Crippen LogP contribution in [0.15, 0.2) is 24.3 Å². The van der Waals surface area contributed by atoms with Gasteiger partial charge in [0, 0.05) is 25.6 Å². The number of carboxylic acid groups (broad SMARTS) is 1. The van der Waals surface area contributed by atoms with Gasteiger partial charge >= 0.3 is 12.0 Å². The van der Waals surface area contributed by atoms with Crippen molar-refractivity contribution in [2.45, 2.75) is 19.9 Å². The number of likely N-dealkylation sites (tertiary alicyclic amines) is 1. The van der Waals surface area contributed by atoms with Crippen molar-refractivity contribution in [2.24, 2.45) is 5.92 Å². The second-order valence-electron chi connectivity index (χ2n) is 5.02. The number of carbonyl (C=O) groups is 2. The molecule has 2 amide bonds. The maximum Gasteiger partial charge on any atom is 0.317 e. The van der Waals surface area contributed by atoms with Crippen LogP contribution < -0.4 is 5.32 Å². The molecular weight excluding hydrogens is 244 g/mol. The maximum atomic E-state index is 11.8. The van der Waals surface area contributed by atoms with Gasteiger partial charge < -0.3 is 15.3 Å². The number of carbonyl (C=O) groups excluding carboxylic acids is 1. The molecule has 0 aliphatic carbocycles. The Hall–Kier alpha value is -2.04. The molecule has 5 nitrogen and oxygen atoms in total. The molecule has 0 radical (unpaired) electrons. The van der Waals surface area contributed by atoms with Gasteiger partial charge in [-0.3, -0.25) is 4.79 Å². The van der Waals surface area contributed by atoms with Gasteiger partial charge in [-0.15, -0.1) is 0 Å².